The van der Waals surface area contributed by atoms with Crippen molar-refractivity contribution in [1.82, 2.24) is 30.8 Å². The third-order valence-electron chi connectivity index (χ3n) is 8.53. The normalized spacial score (nSPS) is 18.8. The number of H-pyrrole nitrogens is 1. The van der Waals surface area contributed by atoms with E-state index in [1.54, 1.807) is 11.0 Å². The lowest BCUT2D eigenvalue weighted by Gasteiger charge is -2.38. The van der Waals surface area contributed by atoms with Gasteiger partial charge in [0.05, 0.1) is 18.0 Å². The van der Waals surface area contributed by atoms with Crippen molar-refractivity contribution in [2.75, 3.05) is 13.1 Å². The number of carbonyl (C=O) groups is 3. The van der Waals surface area contributed by atoms with Gasteiger partial charge in [-0.2, -0.15) is 10.5 Å². The number of tetrazole rings is 1. The molecule has 0 saturated carbocycles. The number of aryl methyl sites for hydroxylation is 3. The Labute approximate surface area is 271 Å². The molecule has 1 saturated heterocycles. The molecule has 1 aromatic heterocycles. The predicted octanol–water partition coefficient (Wildman–Crippen LogP) is 3.08. The van der Waals surface area contributed by atoms with Crippen LogP contribution in [0.5, 0.6) is 0 Å². The number of nitriles is 1. The van der Waals surface area contributed by atoms with E-state index in [0.29, 0.717) is 24.4 Å². The number of amides is 3. The lowest BCUT2D eigenvalue weighted by Crippen LogP contribution is -2.48. The number of fused-ring (bicyclic) bond motifs is 2. The number of carbonyl (C=O) groups excluding carboxylic acids is 3. The Morgan fingerprint density at radius 2 is 1.74 bits per heavy atom. The standard InChI is InChI=1S/C30H36N8O2.C2H5NO.C2H6/c1-18(2)26(33-17-27(39)38-12-4-5-23(38)16-31)15-30(29-34-36-37-35-29)24-10-6-19(3)13-20(24)7-8-21-14-22(28(32)40)9-11-25(21)30;1-2(3)4;1-2/h6,9-11,13-14,18,23,26,33H,4-5,7-8,12,15,17H2,1-3H3,(H2,32,40)(H,34,35,36,37);1H3,(H2,3,4);1-2H3. The molecule has 46 heavy (non-hydrogen) atoms. The number of rotatable bonds is 8. The molecule has 1 fully saturated rings. The monoisotopic (exact) mass is 629 g/mol. The zero-order valence-corrected chi connectivity index (χ0v) is 27.8. The molecule has 0 bridgehead atoms. The Morgan fingerprint density at radius 1 is 1.11 bits per heavy atom. The number of hydrogen-bond donors (Lipinski definition) is 4. The number of hydrogen-bond acceptors (Lipinski definition) is 8. The van der Waals surface area contributed by atoms with Gasteiger partial charge in [0.15, 0.2) is 5.82 Å². The van der Waals surface area contributed by atoms with Gasteiger partial charge >= 0.3 is 0 Å². The highest BCUT2D eigenvalue weighted by Crippen LogP contribution is 2.47. The molecule has 6 N–H and O–H groups in total. The maximum atomic E-state index is 13.2. The second-order valence-corrected chi connectivity index (χ2v) is 12.0. The van der Waals surface area contributed by atoms with E-state index in [0.717, 1.165) is 47.9 Å². The second kappa shape index (κ2) is 16.1. The summed E-state index contributed by atoms with van der Waals surface area (Å²) in [6.07, 6.45) is 3.64. The molecular weight excluding hydrogens is 582 g/mol. The van der Waals surface area contributed by atoms with Crippen LogP contribution >= 0.6 is 0 Å². The molecule has 12 heteroatoms. The fourth-order valence-corrected chi connectivity index (χ4v) is 6.42. The molecular formula is C34H47N9O3. The Bertz CT molecular complexity index is 1540. The second-order valence-electron chi connectivity index (χ2n) is 12.0. The summed E-state index contributed by atoms with van der Waals surface area (Å²) in [7, 11) is 0. The van der Waals surface area contributed by atoms with Gasteiger partial charge in [0.25, 0.3) is 0 Å². The Morgan fingerprint density at radius 3 is 2.30 bits per heavy atom. The van der Waals surface area contributed by atoms with Gasteiger partial charge in [-0.1, -0.05) is 62.7 Å². The van der Waals surface area contributed by atoms with Crippen LogP contribution in [0.2, 0.25) is 0 Å². The van der Waals surface area contributed by atoms with E-state index in [-0.39, 0.29) is 36.4 Å². The summed E-state index contributed by atoms with van der Waals surface area (Å²) in [5.41, 5.74) is 15.3. The van der Waals surface area contributed by atoms with Crippen LogP contribution in [0.1, 0.15) is 97.9 Å². The van der Waals surface area contributed by atoms with Crippen molar-refractivity contribution in [2.24, 2.45) is 17.4 Å². The van der Waals surface area contributed by atoms with E-state index in [9.17, 15) is 19.6 Å². The van der Waals surface area contributed by atoms with Gasteiger partial charge in [-0.15, -0.1) is 10.2 Å². The van der Waals surface area contributed by atoms with Gasteiger partial charge in [-0.05, 0) is 79.3 Å². The molecule has 3 aromatic rings. The first-order chi connectivity index (χ1) is 22.0. The Kier molecular flexibility index (Phi) is 12.5. The first-order valence-electron chi connectivity index (χ1n) is 15.9. The van der Waals surface area contributed by atoms with Gasteiger partial charge < -0.3 is 21.7 Å². The number of aromatic nitrogens is 4. The van der Waals surface area contributed by atoms with E-state index in [2.05, 4.69) is 76.7 Å². The van der Waals surface area contributed by atoms with Crippen LogP contribution in [0, 0.1) is 24.2 Å². The average molecular weight is 630 g/mol. The van der Waals surface area contributed by atoms with Crippen LogP contribution in [0.15, 0.2) is 36.4 Å². The lowest BCUT2D eigenvalue weighted by atomic mass is 9.66. The van der Waals surface area contributed by atoms with Crippen LogP contribution < -0.4 is 16.8 Å². The molecule has 12 nitrogen and oxygen atoms in total. The number of nitrogens with two attached hydrogens (primary N) is 2. The van der Waals surface area contributed by atoms with E-state index in [1.165, 1.54) is 12.5 Å². The molecule has 1 aliphatic carbocycles. The summed E-state index contributed by atoms with van der Waals surface area (Å²) in [6.45, 7) is 12.4. The van der Waals surface area contributed by atoms with Crippen molar-refractivity contribution in [3.8, 4) is 6.07 Å². The summed E-state index contributed by atoms with van der Waals surface area (Å²) < 4.78 is 0. The van der Waals surface area contributed by atoms with E-state index < -0.39 is 11.3 Å². The van der Waals surface area contributed by atoms with Gasteiger partial charge in [-0.3, -0.25) is 14.4 Å². The van der Waals surface area contributed by atoms with Crippen molar-refractivity contribution >= 4 is 17.7 Å². The van der Waals surface area contributed by atoms with Crippen LogP contribution in [-0.4, -0.2) is 68.4 Å². The number of benzene rings is 2. The highest BCUT2D eigenvalue weighted by Gasteiger charge is 2.46. The fraction of sp³-hybridized carbons (Fsp3) is 0.500. The minimum absolute atomic E-state index is 0.0632. The number of aromatic amines is 1. The molecule has 1 aliphatic heterocycles. The average Bonchev–Trinajstić information content (AvgIpc) is 3.72. The highest BCUT2D eigenvalue weighted by atomic mass is 16.2. The van der Waals surface area contributed by atoms with E-state index in [1.807, 2.05) is 26.0 Å². The third kappa shape index (κ3) is 7.95. The molecule has 5 rings (SSSR count). The van der Waals surface area contributed by atoms with Crippen LogP contribution in [-0.2, 0) is 27.8 Å². The summed E-state index contributed by atoms with van der Waals surface area (Å²) >= 11 is 0. The molecule has 2 heterocycles. The lowest BCUT2D eigenvalue weighted by molar-refractivity contribution is -0.130. The zero-order valence-electron chi connectivity index (χ0n) is 27.8. The summed E-state index contributed by atoms with van der Waals surface area (Å²) in [6, 6.07) is 13.9. The number of nitrogens with one attached hydrogen (secondary N) is 2. The highest BCUT2D eigenvalue weighted by molar-refractivity contribution is 5.93. The molecule has 0 spiro atoms. The van der Waals surface area contributed by atoms with Gasteiger partial charge in [0.2, 0.25) is 17.7 Å². The topological polar surface area (TPSA) is 197 Å². The zero-order chi connectivity index (χ0) is 34.0. The van der Waals surface area contributed by atoms with Gasteiger partial charge in [-0.25, -0.2) is 0 Å². The number of likely N-dealkylation sites (tertiary alicyclic amines) is 1. The SMILES string of the molecule is CC.CC(N)=O.Cc1ccc2c(c1)CCc1cc(C(N)=O)ccc1C2(CC(NCC(=O)N1CCCC1C#N)C(C)C)c1nn[nH]n1. The predicted molar refractivity (Wildman–Crippen MR) is 175 cm³/mol. The molecule has 2 aromatic carbocycles. The first kappa shape index (κ1) is 35.8. The molecule has 0 radical (unpaired) electrons. The van der Waals surface area contributed by atoms with E-state index in [4.69, 9.17) is 5.73 Å². The summed E-state index contributed by atoms with van der Waals surface area (Å²) in [5.74, 6) is -0.169. The Balaban J connectivity index is 0.000000891. The molecule has 3 unspecified atom stereocenters. The van der Waals surface area contributed by atoms with Crippen LogP contribution in [0.3, 0.4) is 0 Å². The molecule has 246 valence electrons. The number of nitrogens with zero attached hydrogens (tertiary/aromatic N) is 5. The van der Waals surface area contributed by atoms with E-state index >= 15 is 0 Å². The summed E-state index contributed by atoms with van der Waals surface area (Å²) in [4.78, 5) is 36.2. The minimum Gasteiger partial charge on any atom is -0.370 e. The molecule has 3 atom stereocenters. The number of primary amides is 2. The van der Waals surface area contributed by atoms with Crippen molar-refractivity contribution in [3.05, 3.63) is 75.6 Å². The molecule has 3 amide bonds. The molecule has 2 aliphatic rings. The third-order valence-corrected chi connectivity index (χ3v) is 8.53. The largest absolute Gasteiger partial charge is 0.370 e. The first-order valence-corrected chi connectivity index (χ1v) is 15.9. The van der Waals surface area contributed by atoms with Gasteiger partial charge in [0, 0.05) is 25.1 Å². The maximum Gasteiger partial charge on any atom is 0.248 e. The Hall–Kier alpha value is -4.63. The van der Waals surface area contributed by atoms with Crippen LogP contribution in [0.4, 0.5) is 0 Å². The quantitative estimate of drug-likeness (QED) is 0.291. The van der Waals surface area contributed by atoms with Crippen molar-refractivity contribution in [1.29, 1.82) is 5.26 Å². The van der Waals surface area contributed by atoms with Crippen molar-refractivity contribution in [3.63, 3.8) is 0 Å². The van der Waals surface area contributed by atoms with Gasteiger partial charge in [0.1, 0.15) is 6.04 Å². The van der Waals surface area contributed by atoms with Crippen molar-refractivity contribution < 1.29 is 14.4 Å². The smallest absolute Gasteiger partial charge is 0.248 e. The maximum absolute atomic E-state index is 13.2. The minimum atomic E-state index is -0.800. The fourth-order valence-electron chi connectivity index (χ4n) is 6.42. The summed E-state index contributed by atoms with van der Waals surface area (Å²) in [5, 5.41) is 28.7. The van der Waals surface area contributed by atoms with Crippen molar-refractivity contribution in [2.45, 2.75) is 91.1 Å². The van der Waals surface area contributed by atoms with Crippen LogP contribution in [0.25, 0.3) is 0 Å².